The lowest BCUT2D eigenvalue weighted by molar-refractivity contribution is 0.0637. The van der Waals surface area contributed by atoms with Crippen molar-refractivity contribution < 1.29 is 4.79 Å². The summed E-state index contributed by atoms with van der Waals surface area (Å²) in [6.07, 6.45) is 1.02. The Bertz CT molecular complexity index is 718. The third-order valence-electron chi connectivity index (χ3n) is 4.98. The molecule has 3 nitrogen and oxygen atoms in total. The fourth-order valence-corrected chi connectivity index (χ4v) is 3.55. The maximum atomic E-state index is 12.9. The average Bonchev–Trinajstić information content (AvgIpc) is 2.61. The van der Waals surface area contributed by atoms with Crippen molar-refractivity contribution >= 4 is 29.9 Å². The molecule has 3 rings (SSSR count). The van der Waals surface area contributed by atoms with Crippen molar-refractivity contribution in [3.05, 3.63) is 69.7 Å². The average molecular weight is 393 g/mol. The van der Waals surface area contributed by atoms with E-state index in [9.17, 15) is 4.79 Å². The maximum Gasteiger partial charge on any atom is 0.254 e. The molecule has 2 aromatic rings. The molecule has 1 fully saturated rings. The summed E-state index contributed by atoms with van der Waals surface area (Å²) in [5.41, 5.74) is 4.31. The first-order valence-corrected chi connectivity index (χ1v) is 9.24. The highest BCUT2D eigenvalue weighted by atomic mass is 35.5. The van der Waals surface area contributed by atoms with Crippen molar-refractivity contribution in [2.24, 2.45) is 0 Å². The van der Waals surface area contributed by atoms with Crippen molar-refractivity contribution in [1.82, 2.24) is 9.80 Å². The van der Waals surface area contributed by atoms with Crippen molar-refractivity contribution in [1.29, 1.82) is 0 Å². The molecule has 2 aromatic carbocycles. The Hall–Kier alpha value is -1.55. The topological polar surface area (TPSA) is 23.6 Å². The van der Waals surface area contributed by atoms with Gasteiger partial charge in [0.25, 0.3) is 5.91 Å². The van der Waals surface area contributed by atoms with Crippen LogP contribution in [0.25, 0.3) is 0 Å². The zero-order valence-electron chi connectivity index (χ0n) is 15.4. The zero-order chi connectivity index (χ0) is 17.8. The lowest BCUT2D eigenvalue weighted by Gasteiger charge is -2.35. The summed E-state index contributed by atoms with van der Waals surface area (Å²) >= 11 is 5.93. The van der Waals surface area contributed by atoms with E-state index in [0.717, 1.165) is 60.9 Å². The lowest BCUT2D eigenvalue weighted by Crippen LogP contribution is -2.49. The van der Waals surface area contributed by atoms with Crippen LogP contribution >= 0.6 is 24.0 Å². The van der Waals surface area contributed by atoms with Crippen LogP contribution in [-0.4, -0.2) is 48.4 Å². The number of hydrogen-bond acceptors (Lipinski definition) is 2. The number of carbonyl (C=O) groups excluding carboxylic acids is 1. The summed E-state index contributed by atoms with van der Waals surface area (Å²) in [7, 11) is 0. The summed E-state index contributed by atoms with van der Waals surface area (Å²) in [6, 6.07) is 14.1. The molecule has 1 heterocycles. The van der Waals surface area contributed by atoms with Crippen LogP contribution in [0.3, 0.4) is 0 Å². The first kappa shape index (κ1) is 20.8. The van der Waals surface area contributed by atoms with Gasteiger partial charge in [-0.3, -0.25) is 9.69 Å². The summed E-state index contributed by atoms with van der Waals surface area (Å²) in [6.45, 7) is 8.52. The minimum atomic E-state index is 0. The van der Waals surface area contributed by atoms with Crippen LogP contribution in [0, 0.1) is 13.8 Å². The molecule has 0 N–H and O–H groups in total. The van der Waals surface area contributed by atoms with Crippen LogP contribution < -0.4 is 0 Å². The molecular formula is C21H26Cl2N2O. The van der Waals surface area contributed by atoms with Gasteiger partial charge in [0.15, 0.2) is 0 Å². The van der Waals surface area contributed by atoms with Gasteiger partial charge in [-0.15, -0.1) is 12.4 Å². The number of hydrogen-bond donors (Lipinski definition) is 0. The molecule has 0 radical (unpaired) electrons. The fraction of sp³-hybridized carbons (Fsp3) is 0.381. The molecule has 0 saturated carbocycles. The van der Waals surface area contributed by atoms with Crippen molar-refractivity contribution in [2.75, 3.05) is 32.7 Å². The maximum absolute atomic E-state index is 12.9. The first-order valence-electron chi connectivity index (χ1n) is 8.87. The highest BCUT2D eigenvalue weighted by Crippen LogP contribution is 2.17. The Morgan fingerprint density at radius 2 is 1.54 bits per heavy atom. The minimum Gasteiger partial charge on any atom is -0.336 e. The predicted octanol–water partition coefficient (Wildman–Crippen LogP) is 4.38. The van der Waals surface area contributed by atoms with E-state index < -0.39 is 0 Å². The Morgan fingerprint density at radius 1 is 0.962 bits per heavy atom. The van der Waals surface area contributed by atoms with Gasteiger partial charge >= 0.3 is 0 Å². The van der Waals surface area contributed by atoms with Gasteiger partial charge in [0.05, 0.1) is 0 Å². The molecule has 1 aliphatic heterocycles. The highest BCUT2D eigenvalue weighted by Gasteiger charge is 2.23. The van der Waals surface area contributed by atoms with Crippen molar-refractivity contribution in [3.63, 3.8) is 0 Å². The number of aryl methyl sites for hydroxylation is 2. The van der Waals surface area contributed by atoms with Crippen molar-refractivity contribution in [3.8, 4) is 0 Å². The second-order valence-corrected chi connectivity index (χ2v) is 7.21. The van der Waals surface area contributed by atoms with Crippen LogP contribution in [0.1, 0.15) is 27.0 Å². The summed E-state index contributed by atoms with van der Waals surface area (Å²) in [4.78, 5) is 17.3. The molecule has 0 unspecified atom stereocenters. The quantitative estimate of drug-likeness (QED) is 0.770. The van der Waals surface area contributed by atoms with Crippen LogP contribution in [0.4, 0.5) is 0 Å². The van der Waals surface area contributed by atoms with Gasteiger partial charge in [-0.2, -0.15) is 0 Å². The van der Waals surface area contributed by atoms with E-state index in [1.165, 1.54) is 5.56 Å². The standard InChI is InChI=1S/C21H25ClN2O.ClH/c1-16-4-3-5-17(2)20(16)21(25)24-14-12-23(13-15-24)11-10-18-6-8-19(22)9-7-18;/h3-9H,10-15H2,1-2H3;1H. The first-order chi connectivity index (χ1) is 12.0. The molecular weight excluding hydrogens is 367 g/mol. The highest BCUT2D eigenvalue weighted by molar-refractivity contribution is 6.30. The predicted molar refractivity (Wildman–Crippen MR) is 111 cm³/mol. The lowest BCUT2D eigenvalue weighted by atomic mass is 10.0. The summed E-state index contributed by atoms with van der Waals surface area (Å²) in [5.74, 6) is 0.174. The second kappa shape index (κ2) is 9.40. The number of rotatable bonds is 4. The molecule has 0 atom stereocenters. The Kier molecular flexibility index (Phi) is 7.51. The molecule has 5 heteroatoms. The van der Waals surface area contributed by atoms with Gasteiger partial charge < -0.3 is 4.90 Å². The molecule has 1 aliphatic rings. The van der Waals surface area contributed by atoms with Gasteiger partial charge in [-0.1, -0.05) is 41.9 Å². The van der Waals surface area contributed by atoms with Gasteiger partial charge in [-0.05, 0) is 49.1 Å². The van der Waals surface area contributed by atoms with Crippen LogP contribution in [-0.2, 0) is 6.42 Å². The van der Waals surface area contributed by atoms with E-state index in [0.29, 0.717) is 0 Å². The van der Waals surface area contributed by atoms with Gasteiger partial charge in [0, 0.05) is 43.3 Å². The van der Waals surface area contributed by atoms with Crippen molar-refractivity contribution in [2.45, 2.75) is 20.3 Å². The second-order valence-electron chi connectivity index (χ2n) is 6.78. The zero-order valence-corrected chi connectivity index (χ0v) is 16.9. The third-order valence-corrected chi connectivity index (χ3v) is 5.24. The van der Waals surface area contributed by atoms with Gasteiger partial charge in [0.2, 0.25) is 0 Å². The van der Waals surface area contributed by atoms with Crippen LogP contribution in [0.5, 0.6) is 0 Å². The molecule has 0 spiro atoms. The van der Waals surface area contributed by atoms with Crippen LogP contribution in [0.2, 0.25) is 5.02 Å². The Morgan fingerprint density at radius 3 is 2.12 bits per heavy atom. The molecule has 26 heavy (non-hydrogen) atoms. The number of benzene rings is 2. The Labute approximate surface area is 167 Å². The van der Waals surface area contributed by atoms with Gasteiger partial charge in [-0.25, -0.2) is 0 Å². The van der Waals surface area contributed by atoms with E-state index in [4.69, 9.17) is 11.6 Å². The molecule has 1 saturated heterocycles. The number of nitrogens with zero attached hydrogens (tertiary/aromatic N) is 2. The number of carbonyl (C=O) groups is 1. The SMILES string of the molecule is Cc1cccc(C)c1C(=O)N1CCN(CCc2ccc(Cl)cc2)CC1.Cl. The third kappa shape index (κ3) is 5.00. The number of halogens is 2. The summed E-state index contributed by atoms with van der Waals surface area (Å²) in [5, 5.41) is 0.780. The normalized spacial score (nSPS) is 14.8. The molecule has 0 aromatic heterocycles. The monoisotopic (exact) mass is 392 g/mol. The molecule has 0 aliphatic carbocycles. The molecule has 0 bridgehead atoms. The minimum absolute atomic E-state index is 0. The van der Waals surface area contributed by atoms with E-state index in [1.807, 2.05) is 49.1 Å². The smallest absolute Gasteiger partial charge is 0.254 e. The Balaban J connectivity index is 0.00000243. The summed E-state index contributed by atoms with van der Waals surface area (Å²) < 4.78 is 0. The van der Waals surface area contributed by atoms with Gasteiger partial charge in [0.1, 0.15) is 0 Å². The largest absolute Gasteiger partial charge is 0.336 e. The number of amides is 1. The fourth-order valence-electron chi connectivity index (χ4n) is 3.42. The number of piperazine rings is 1. The van der Waals surface area contributed by atoms with E-state index in [2.05, 4.69) is 17.0 Å². The molecule has 140 valence electrons. The van der Waals surface area contributed by atoms with E-state index in [-0.39, 0.29) is 18.3 Å². The van der Waals surface area contributed by atoms with E-state index in [1.54, 1.807) is 0 Å². The van der Waals surface area contributed by atoms with Crippen LogP contribution in [0.15, 0.2) is 42.5 Å². The van der Waals surface area contributed by atoms with E-state index >= 15 is 0 Å². The molecule has 1 amide bonds.